The molecule has 26 heavy (non-hydrogen) atoms. The first-order chi connectivity index (χ1) is 12.3. The third-order valence-corrected chi connectivity index (χ3v) is 4.62. The van der Waals surface area contributed by atoms with E-state index in [0.29, 0.717) is 6.54 Å². The molecule has 1 saturated heterocycles. The van der Waals surface area contributed by atoms with Crippen LogP contribution in [0.2, 0.25) is 0 Å². The predicted molar refractivity (Wildman–Crippen MR) is 95.4 cm³/mol. The monoisotopic (exact) mass is 379 g/mol. The summed E-state index contributed by atoms with van der Waals surface area (Å²) < 4.78 is 4.89. The molecule has 8 nitrogen and oxygen atoms in total. The molecular weight excluding hydrogens is 358 g/mol. The Balaban J connectivity index is 1.78. The van der Waals surface area contributed by atoms with Gasteiger partial charge in [0.15, 0.2) is 6.61 Å². The Kier molecular flexibility index (Phi) is 6.62. The summed E-state index contributed by atoms with van der Waals surface area (Å²) >= 11 is 1.63. The zero-order valence-electron chi connectivity index (χ0n) is 14.9. The average molecular weight is 379 g/mol. The highest BCUT2D eigenvalue weighted by atomic mass is 32.2. The summed E-state index contributed by atoms with van der Waals surface area (Å²) in [4.78, 5) is 51.8. The van der Waals surface area contributed by atoms with Gasteiger partial charge < -0.3 is 14.5 Å². The molecule has 1 aromatic carbocycles. The minimum Gasteiger partial charge on any atom is -0.454 e. The predicted octanol–water partition coefficient (Wildman–Crippen LogP) is 0.804. The van der Waals surface area contributed by atoms with Crippen molar-refractivity contribution in [3.63, 3.8) is 0 Å². The molecule has 0 radical (unpaired) electrons. The normalized spacial score (nSPS) is 14.0. The lowest BCUT2D eigenvalue weighted by Crippen LogP contribution is -2.38. The van der Waals surface area contributed by atoms with Crippen LogP contribution in [0.3, 0.4) is 0 Å². The van der Waals surface area contributed by atoms with E-state index in [4.69, 9.17) is 4.74 Å². The van der Waals surface area contributed by atoms with Crippen LogP contribution in [0, 0.1) is 0 Å². The summed E-state index contributed by atoms with van der Waals surface area (Å²) in [5, 5.41) is 0. The van der Waals surface area contributed by atoms with E-state index in [1.54, 1.807) is 18.8 Å². The van der Waals surface area contributed by atoms with Gasteiger partial charge >= 0.3 is 12.0 Å². The summed E-state index contributed by atoms with van der Waals surface area (Å²) in [5.41, 5.74) is 0.960. The van der Waals surface area contributed by atoms with E-state index in [2.05, 4.69) is 0 Å². The third-order valence-electron chi connectivity index (χ3n) is 3.88. The number of imide groups is 1. The van der Waals surface area contributed by atoms with Gasteiger partial charge in [-0.2, -0.15) is 0 Å². The number of carbonyl (C=O) groups is 4. The van der Waals surface area contributed by atoms with Crippen molar-refractivity contribution in [2.24, 2.45) is 0 Å². The maximum absolute atomic E-state index is 12.1. The molecule has 1 fully saturated rings. The Hall–Kier alpha value is -2.55. The molecule has 4 amide bonds. The number of esters is 1. The molecule has 1 aromatic rings. The van der Waals surface area contributed by atoms with Crippen LogP contribution < -0.4 is 0 Å². The van der Waals surface area contributed by atoms with Crippen LogP contribution >= 0.6 is 11.8 Å². The molecule has 0 unspecified atom stereocenters. The fourth-order valence-corrected chi connectivity index (χ4v) is 2.75. The SMILES string of the molecule is CSc1ccc(CN(C)C(=O)COC(=O)CN2C(=O)CN(C)C2=O)cc1. The Bertz CT molecular complexity index is 707. The van der Waals surface area contributed by atoms with Gasteiger partial charge in [-0.3, -0.25) is 19.3 Å². The van der Waals surface area contributed by atoms with Gasteiger partial charge in [0.25, 0.3) is 11.8 Å². The van der Waals surface area contributed by atoms with E-state index < -0.39 is 31.1 Å². The van der Waals surface area contributed by atoms with E-state index in [-0.39, 0.29) is 12.5 Å². The zero-order chi connectivity index (χ0) is 19.3. The summed E-state index contributed by atoms with van der Waals surface area (Å²) in [6, 6.07) is 7.26. The maximum atomic E-state index is 12.1. The number of nitrogens with zero attached hydrogens (tertiary/aromatic N) is 3. The fourth-order valence-electron chi connectivity index (χ4n) is 2.34. The number of likely N-dealkylation sites (N-methyl/N-ethyl adjacent to an activating group) is 2. The number of hydrogen-bond acceptors (Lipinski definition) is 6. The van der Waals surface area contributed by atoms with Crippen LogP contribution in [0.15, 0.2) is 29.2 Å². The van der Waals surface area contributed by atoms with Gasteiger partial charge in [-0.1, -0.05) is 12.1 Å². The highest BCUT2D eigenvalue weighted by Crippen LogP contribution is 2.15. The second kappa shape index (κ2) is 8.70. The average Bonchev–Trinajstić information content (AvgIpc) is 2.86. The summed E-state index contributed by atoms with van der Waals surface area (Å²) in [5.74, 6) is -1.64. The number of carbonyl (C=O) groups excluding carboxylic acids is 4. The largest absolute Gasteiger partial charge is 0.454 e. The Morgan fingerprint density at radius 2 is 1.88 bits per heavy atom. The molecule has 0 aromatic heterocycles. The van der Waals surface area contributed by atoms with Crippen molar-refractivity contribution < 1.29 is 23.9 Å². The van der Waals surface area contributed by atoms with Gasteiger partial charge in [0, 0.05) is 25.5 Å². The van der Waals surface area contributed by atoms with Gasteiger partial charge in [0.05, 0.1) is 0 Å². The number of hydrogen-bond donors (Lipinski definition) is 0. The van der Waals surface area contributed by atoms with Gasteiger partial charge in [0.2, 0.25) is 0 Å². The first-order valence-corrected chi connectivity index (χ1v) is 9.12. The summed E-state index contributed by atoms with van der Waals surface area (Å²) in [6.07, 6.45) is 1.99. The lowest BCUT2D eigenvalue weighted by Gasteiger charge is -2.18. The minimum atomic E-state index is -0.798. The highest BCUT2D eigenvalue weighted by molar-refractivity contribution is 7.98. The zero-order valence-corrected chi connectivity index (χ0v) is 15.7. The van der Waals surface area contributed by atoms with Gasteiger partial charge in [-0.15, -0.1) is 11.8 Å². The summed E-state index contributed by atoms with van der Waals surface area (Å²) in [7, 11) is 3.08. The molecule has 0 aliphatic carbocycles. The minimum absolute atomic E-state index is 0.0664. The molecule has 0 N–H and O–H groups in total. The second-order valence-electron chi connectivity index (χ2n) is 5.88. The van der Waals surface area contributed by atoms with Crippen LogP contribution in [-0.4, -0.2) is 78.6 Å². The van der Waals surface area contributed by atoms with Crippen molar-refractivity contribution in [1.82, 2.24) is 14.7 Å². The number of amides is 4. The smallest absolute Gasteiger partial charge is 0.327 e. The molecule has 0 atom stereocenters. The number of thioether (sulfide) groups is 1. The van der Waals surface area contributed by atoms with Crippen molar-refractivity contribution in [3.8, 4) is 0 Å². The lowest BCUT2D eigenvalue weighted by molar-refractivity contribution is -0.153. The molecule has 0 bridgehead atoms. The first kappa shape index (κ1) is 19.8. The van der Waals surface area contributed by atoms with E-state index in [0.717, 1.165) is 15.4 Å². The Morgan fingerprint density at radius 3 is 2.42 bits per heavy atom. The molecule has 9 heteroatoms. The van der Waals surface area contributed by atoms with Crippen molar-refractivity contribution in [2.45, 2.75) is 11.4 Å². The van der Waals surface area contributed by atoms with Gasteiger partial charge in [-0.05, 0) is 24.0 Å². The Morgan fingerprint density at radius 1 is 1.23 bits per heavy atom. The molecule has 140 valence electrons. The topological polar surface area (TPSA) is 87.2 Å². The number of urea groups is 1. The first-order valence-electron chi connectivity index (χ1n) is 7.89. The lowest BCUT2D eigenvalue weighted by atomic mass is 10.2. The van der Waals surface area contributed by atoms with Crippen LogP contribution in [0.1, 0.15) is 5.56 Å². The van der Waals surface area contributed by atoms with Crippen LogP contribution in [0.4, 0.5) is 4.79 Å². The van der Waals surface area contributed by atoms with Gasteiger partial charge in [-0.25, -0.2) is 4.79 Å². The third kappa shape index (κ3) is 4.98. The van der Waals surface area contributed by atoms with Crippen molar-refractivity contribution >= 4 is 35.6 Å². The Labute approximate surface area is 156 Å². The van der Waals surface area contributed by atoms with Crippen molar-refractivity contribution in [1.29, 1.82) is 0 Å². The molecule has 1 aliphatic heterocycles. The van der Waals surface area contributed by atoms with E-state index in [9.17, 15) is 19.2 Å². The summed E-state index contributed by atoms with van der Waals surface area (Å²) in [6.45, 7) is -0.610. The van der Waals surface area contributed by atoms with Crippen LogP contribution in [0.5, 0.6) is 0 Å². The van der Waals surface area contributed by atoms with Crippen LogP contribution in [0.25, 0.3) is 0 Å². The van der Waals surface area contributed by atoms with E-state index >= 15 is 0 Å². The molecular formula is C17H21N3O5S. The fraction of sp³-hybridized carbons (Fsp3) is 0.412. The standard InChI is InChI=1S/C17H21N3O5S/c1-18(8-12-4-6-13(26-3)7-5-12)15(22)11-25-16(23)10-20-14(21)9-19(2)17(20)24/h4-7H,8-11H2,1-3H3. The molecule has 0 spiro atoms. The number of rotatable bonds is 7. The number of benzene rings is 1. The van der Waals surface area contributed by atoms with Crippen molar-refractivity contribution in [3.05, 3.63) is 29.8 Å². The maximum Gasteiger partial charge on any atom is 0.327 e. The van der Waals surface area contributed by atoms with E-state index in [1.807, 2.05) is 30.5 Å². The van der Waals surface area contributed by atoms with E-state index in [1.165, 1.54) is 16.8 Å². The van der Waals surface area contributed by atoms with Gasteiger partial charge in [0.1, 0.15) is 13.1 Å². The molecule has 0 saturated carbocycles. The molecule has 2 rings (SSSR count). The molecule has 1 aliphatic rings. The quantitative estimate of drug-likeness (QED) is 0.396. The molecule has 1 heterocycles. The number of ether oxygens (including phenoxy) is 1. The highest BCUT2D eigenvalue weighted by Gasteiger charge is 2.35. The van der Waals surface area contributed by atoms with Crippen molar-refractivity contribution in [2.75, 3.05) is 40.0 Å². The second-order valence-corrected chi connectivity index (χ2v) is 6.76. The van der Waals surface area contributed by atoms with Crippen LogP contribution in [-0.2, 0) is 25.7 Å².